The van der Waals surface area contributed by atoms with Gasteiger partial charge in [0.25, 0.3) is 0 Å². The van der Waals surface area contributed by atoms with Crippen LogP contribution in [0.1, 0.15) is 17.0 Å². The molecule has 0 unspecified atom stereocenters. The van der Waals surface area contributed by atoms with Crippen LogP contribution in [0, 0.1) is 0 Å². The van der Waals surface area contributed by atoms with Crippen molar-refractivity contribution in [1.82, 2.24) is 10.2 Å². The molecule has 120 valence electrons. The Balaban J connectivity index is 1.80. The lowest BCUT2D eigenvalue weighted by Gasteiger charge is -2.04. The third kappa shape index (κ3) is 3.40. The summed E-state index contributed by atoms with van der Waals surface area (Å²) in [5.41, 5.74) is 3.94. The molecule has 4 aromatic rings. The van der Waals surface area contributed by atoms with Crippen LogP contribution in [-0.4, -0.2) is 10.2 Å². The fraction of sp³-hybridized carbons (Fsp3) is 0. The first kappa shape index (κ1) is 15.1. The molecule has 0 saturated carbocycles. The van der Waals surface area contributed by atoms with Gasteiger partial charge in [0, 0.05) is 11.1 Å². The number of aromatic nitrogens is 2. The Hall–Kier alpha value is -3.46. The fourth-order valence-electron chi connectivity index (χ4n) is 2.63. The first-order valence-corrected chi connectivity index (χ1v) is 8.11. The van der Waals surface area contributed by atoms with Crippen molar-refractivity contribution in [3.8, 4) is 11.5 Å². The summed E-state index contributed by atoms with van der Waals surface area (Å²) in [5.74, 6) is 1.03. The van der Waals surface area contributed by atoms with Crippen LogP contribution < -0.4 is 0 Å². The van der Waals surface area contributed by atoms with E-state index < -0.39 is 0 Å². The van der Waals surface area contributed by atoms with Crippen molar-refractivity contribution in [2.45, 2.75) is 0 Å². The lowest BCUT2D eigenvalue weighted by molar-refractivity contribution is 0.554. The predicted molar refractivity (Wildman–Crippen MR) is 99.6 cm³/mol. The first-order valence-electron chi connectivity index (χ1n) is 8.11. The number of benzene rings is 3. The monoisotopic (exact) mass is 324 g/mol. The maximum atomic E-state index is 5.97. The maximum absolute atomic E-state index is 5.97. The van der Waals surface area contributed by atoms with Gasteiger partial charge in [-0.05, 0) is 29.3 Å². The largest absolute Gasteiger partial charge is 0.416 e. The van der Waals surface area contributed by atoms with Crippen LogP contribution in [0.5, 0.6) is 0 Å². The minimum Gasteiger partial charge on any atom is -0.416 e. The van der Waals surface area contributed by atoms with Gasteiger partial charge in [0.1, 0.15) is 0 Å². The number of nitrogens with zero attached hydrogens (tertiary/aromatic N) is 2. The molecule has 0 atom stereocenters. The Bertz CT molecular complexity index is 974. The van der Waals surface area contributed by atoms with E-state index in [-0.39, 0.29) is 0 Å². The highest BCUT2D eigenvalue weighted by atomic mass is 16.4. The molecule has 3 nitrogen and oxygen atoms in total. The maximum Gasteiger partial charge on any atom is 0.248 e. The van der Waals surface area contributed by atoms with Gasteiger partial charge in [-0.2, -0.15) is 0 Å². The minimum atomic E-state index is 0.508. The Morgan fingerprint density at radius 1 is 0.680 bits per heavy atom. The second kappa shape index (κ2) is 6.97. The summed E-state index contributed by atoms with van der Waals surface area (Å²) >= 11 is 0. The highest BCUT2D eigenvalue weighted by Gasteiger charge is 2.14. The van der Waals surface area contributed by atoms with Crippen molar-refractivity contribution >= 4 is 11.6 Å². The van der Waals surface area contributed by atoms with Crippen molar-refractivity contribution < 1.29 is 4.42 Å². The highest BCUT2D eigenvalue weighted by molar-refractivity contribution is 5.88. The Morgan fingerprint density at radius 3 is 1.96 bits per heavy atom. The molecule has 0 bridgehead atoms. The van der Waals surface area contributed by atoms with Crippen LogP contribution in [-0.2, 0) is 0 Å². The topological polar surface area (TPSA) is 38.9 Å². The Morgan fingerprint density at radius 2 is 1.28 bits per heavy atom. The quantitative estimate of drug-likeness (QED) is 0.477. The number of hydrogen-bond donors (Lipinski definition) is 0. The molecule has 0 aliphatic carbocycles. The van der Waals surface area contributed by atoms with E-state index in [2.05, 4.69) is 28.4 Å². The van der Waals surface area contributed by atoms with E-state index in [9.17, 15) is 0 Å². The molecule has 0 radical (unpaired) electrons. The molecule has 0 aliphatic heterocycles. The van der Waals surface area contributed by atoms with Gasteiger partial charge in [0.05, 0.1) is 0 Å². The van der Waals surface area contributed by atoms with Gasteiger partial charge in [-0.15, -0.1) is 10.2 Å². The van der Waals surface area contributed by atoms with Crippen LogP contribution in [0.15, 0.2) is 95.4 Å². The predicted octanol–water partition coefficient (Wildman–Crippen LogP) is 5.33. The highest BCUT2D eigenvalue weighted by Crippen LogP contribution is 2.27. The average molecular weight is 324 g/mol. The fourth-order valence-corrected chi connectivity index (χ4v) is 2.63. The van der Waals surface area contributed by atoms with Crippen LogP contribution in [0.3, 0.4) is 0 Å². The van der Waals surface area contributed by atoms with Gasteiger partial charge in [-0.3, -0.25) is 0 Å². The molecule has 0 fully saturated rings. The van der Waals surface area contributed by atoms with Crippen molar-refractivity contribution in [3.05, 3.63) is 108 Å². The zero-order valence-corrected chi connectivity index (χ0v) is 13.5. The molecule has 0 N–H and O–H groups in total. The van der Waals surface area contributed by atoms with Gasteiger partial charge in [0.2, 0.25) is 11.8 Å². The molecule has 0 spiro atoms. The third-order valence-corrected chi connectivity index (χ3v) is 3.87. The van der Waals surface area contributed by atoms with Crippen molar-refractivity contribution in [2.24, 2.45) is 0 Å². The van der Waals surface area contributed by atoms with Crippen LogP contribution in [0.2, 0.25) is 0 Å². The van der Waals surface area contributed by atoms with Crippen molar-refractivity contribution in [2.75, 3.05) is 0 Å². The van der Waals surface area contributed by atoms with E-state index in [0.717, 1.165) is 22.3 Å². The molecule has 3 heteroatoms. The summed E-state index contributed by atoms with van der Waals surface area (Å²) < 4.78 is 5.97. The summed E-state index contributed by atoms with van der Waals surface area (Å²) in [6, 6.07) is 30.0. The van der Waals surface area contributed by atoms with Crippen molar-refractivity contribution in [3.63, 3.8) is 0 Å². The minimum absolute atomic E-state index is 0.508. The molecule has 3 aromatic carbocycles. The number of hydrogen-bond acceptors (Lipinski definition) is 3. The zero-order chi connectivity index (χ0) is 16.9. The summed E-state index contributed by atoms with van der Waals surface area (Å²) in [6.45, 7) is 0. The normalized spacial score (nSPS) is 11.4. The molecule has 4 rings (SSSR count). The summed E-state index contributed by atoms with van der Waals surface area (Å²) in [4.78, 5) is 0. The van der Waals surface area contributed by atoms with Gasteiger partial charge >= 0.3 is 0 Å². The molecule has 0 amide bonds. The van der Waals surface area contributed by atoms with Crippen LogP contribution in [0.25, 0.3) is 23.1 Å². The van der Waals surface area contributed by atoms with Crippen LogP contribution in [0.4, 0.5) is 0 Å². The molecule has 1 aromatic heterocycles. The van der Waals surface area contributed by atoms with Gasteiger partial charge in [-0.25, -0.2) is 0 Å². The smallest absolute Gasteiger partial charge is 0.248 e. The van der Waals surface area contributed by atoms with E-state index in [0.29, 0.717) is 11.8 Å². The van der Waals surface area contributed by atoms with E-state index in [1.54, 1.807) is 0 Å². The average Bonchev–Trinajstić information content (AvgIpc) is 3.18. The molecule has 0 saturated heterocycles. The summed E-state index contributed by atoms with van der Waals surface area (Å²) in [5, 5.41) is 8.50. The standard InChI is InChI=1S/C22H16N2O/c1-4-10-17(11-5-1)16-20(18-12-6-2-7-13-18)22-24-23-21(25-22)19-14-8-3-9-15-19/h1-16H/b20-16+. The van der Waals surface area contributed by atoms with Gasteiger partial charge < -0.3 is 4.42 Å². The Labute approximate surface area is 146 Å². The van der Waals surface area contributed by atoms with Gasteiger partial charge in [0.15, 0.2) is 0 Å². The number of rotatable bonds is 4. The molecular formula is C22H16N2O. The molecule has 25 heavy (non-hydrogen) atoms. The SMILES string of the molecule is C(=C(/c1ccccc1)c1nnc(-c2ccccc2)o1)/c1ccccc1. The second-order valence-corrected chi connectivity index (χ2v) is 5.61. The van der Waals surface area contributed by atoms with Crippen LogP contribution >= 0.6 is 0 Å². The van der Waals surface area contributed by atoms with Gasteiger partial charge in [-0.1, -0.05) is 78.9 Å². The van der Waals surface area contributed by atoms with E-state index >= 15 is 0 Å². The van der Waals surface area contributed by atoms with E-state index in [4.69, 9.17) is 4.42 Å². The van der Waals surface area contributed by atoms with Crippen molar-refractivity contribution in [1.29, 1.82) is 0 Å². The summed E-state index contributed by atoms with van der Waals surface area (Å²) in [7, 11) is 0. The third-order valence-electron chi connectivity index (χ3n) is 3.87. The lowest BCUT2D eigenvalue weighted by atomic mass is 10.0. The molecular weight excluding hydrogens is 308 g/mol. The Kier molecular flexibility index (Phi) is 4.21. The zero-order valence-electron chi connectivity index (χ0n) is 13.5. The second-order valence-electron chi connectivity index (χ2n) is 5.61. The molecule has 0 aliphatic rings. The first-order chi connectivity index (χ1) is 12.4. The van der Waals surface area contributed by atoms with E-state index in [1.165, 1.54) is 0 Å². The van der Waals surface area contributed by atoms with E-state index in [1.807, 2.05) is 78.9 Å². The lowest BCUT2D eigenvalue weighted by Crippen LogP contribution is -1.88. The molecule has 1 heterocycles. The summed E-state index contributed by atoms with van der Waals surface area (Å²) in [6.07, 6.45) is 2.07.